The number of hydrogen-bond acceptors (Lipinski definition) is 2. The first-order valence-corrected chi connectivity index (χ1v) is 3.45. The van der Waals surface area contributed by atoms with Gasteiger partial charge in [0.1, 0.15) is 9.84 Å². The van der Waals surface area contributed by atoms with E-state index in [4.69, 9.17) is 0 Å². The monoisotopic (exact) mass is 133 g/mol. The molecule has 0 saturated carbocycles. The Labute approximate surface area is 80.7 Å². The van der Waals surface area contributed by atoms with Crippen LogP contribution in [-0.2, 0) is 9.84 Å². The summed E-state index contributed by atoms with van der Waals surface area (Å²) in [6.45, 7) is 0. The van der Waals surface area contributed by atoms with Crippen LogP contribution in [0.15, 0.2) is 0 Å². The summed E-state index contributed by atoms with van der Waals surface area (Å²) in [6.07, 6.45) is 2.32. The Bertz CT molecular complexity index is 94.7. The zero-order valence-corrected chi connectivity index (χ0v) is 8.16. The van der Waals surface area contributed by atoms with Gasteiger partial charge < -0.3 is 0 Å². The molecule has 0 aliphatic carbocycles. The fourth-order valence-electron chi connectivity index (χ4n) is 0. The predicted molar refractivity (Wildman–Crippen MR) is 26.5 cm³/mol. The summed E-state index contributed by atoms with van der Waals surface area (Å²) in [6, 6.07) is 0. The molecule has 0 amide bonds. The van der Waals surface area contributed by atoms with Crippen LogP contribution in [0.2, 0.25) is 0 Å². The normalized spacial score (nSPS) is 9.67. The molecule has 0 heterocycles. The maximum atomic E-state index is 9.63. The van der Waals surface area contributed by atoms with E-state index in [1.165, 1.54) is 0 Å². The zero-order chi connectivity index (χ0) is 4.50. The number of rotatable bonds is 0. The van der Waals surface area contributed by atoms with Crippen molar-refractivity contribution in [1.29, 1.82) is 0 Å². The fourth-order valence-corrected chi connectivity index (χ4v) is 0. The molecular formula is C2H6KO2S. The van der Waals surface area contributed by atoms with Crippen molar-refractivity contribution >= 4 is 61.2 Å². The van der Waals surface area contributed by atoms with Gasteiger partial charge in [0.15, 0.2) is 0 Å². The molecule has 0 bridgehead atoms. The summed E-state index contributed by atoms with van der Waals surface area (Å²) < 4.78 is 19.3. The molecule has 0 saturated heterocycles. The first-order valence-electron chi connectivity index (χ1n) is 1.15. The van der Waals surface area contributed by atoms with Crippen LogP contribution in [0.5, 0.6) is 0 Å². The van der Waals surface area contributed by atoms with Gasteiger partial charge in [-0.3, -0.25) is 0 Å². The maximum absolute atomic E-state index is 9.63. The predicted octanol–water partition coefficient (Wildman–Crippen LogP) is -0.720. The van der Waals surface area contributed by atoms with Gasteiger partial charge in [-0.05, 0) is 0 Å². The van der Waals surface area contributed by atoms with Crippen molar-refractivity contribution in [3.05, 3.63) is 0 Å². The van der Waals surface area contributed by atoms with E-state index in [9.17, 15) is 8.42 Å². The Kier molecular flexibility index (Phi) is 6.28. The molecule has 0 N–H and O–H groups in total. The summed E-state index contributed by atoms with van der Waals surface area (Å²) in [4.78, 5) is 0. The molecule has 2 nitrogen and oxygen atoms in total. The van der Waals surface area contributed by atoms with Crippen LogP contribution in [0.4, 0.5) is 0 Å². The average Bonchev–Trinajstić information content (AvgIpc) is 0.722. The molecule has 0 unspecified atom stereocenters. The number of sulfone groups is 1. The second-order valence-corrected chi connectivity index (χ2v) is 3.43. The van der Waals surface area contributed by atoms with Gasteiger partial charge in [-0.25, -0.2) is 8.42 Å². The van der Waals surface area contributed by atoms with Crippen molar-refractivity contribution in [3.63, 3.8) is 0 Å². The van der Waals surface area contributed by atoms with Gasteiger partial charge >= 0.3 is 0 Å². The van der Waals surface area contributed by atoms with Crippen LogP contribution in [0.3, 0.4) is 0 Å². The van der Waals surface area contributed by atoms with Crippen molar-refractivity contribution in [2.75, 3.05) is 12.5 Å². The van der Waals surface area contributed by atoms with E-state index in [0.29, 0.717) is 0 Å². The molecule has 0 aromatic rings. The summed E-state index contributed by atoms with van der Waals surface area (Å²) in [7, 11) is -2.67. The Morgan fingerprint density at radius 2 is 1.17 bits per heavy atom. The summed E-state index contributed by atoms with van der Waals surface area (Å²) in [5.41, 5.74) is 0. The first kappa shape index (κ1) is 10.5. The second-order valence-electron chi connectivity index (χ2n) is 1.14. The SMILES string of the molecule is CS(C)(=O)=O.[K]. The van der Waals surface area contributed by atoms with E-state index >= 15 is 0 Å². The van der Waals surface area contributed by atoms with E-state index < -0.39 is 9.84 Å². The first-order chi connectivity index (χ1) is 2.00. The molecule has 0 aliphatic heterocycles. The fraction of sp³-hybridized carbons (Fsp3) is 1.00. The summed E-state index contributed by atoms with van der Waals surface area (Å²) >= 11 is 0. The van der Waals surface area contributed by atoms with Crippen molar-refractivity contribution in [2.45, 2.75) is 0 Å². The standard InChI is InChI=1S/C2H6O2S.K/c1-5(2,3)4;/h1-2H3;. The van der Waals surface area contributed by atoms with Gasteiger partial charge in [0.05, 0.1) is 0 Å². The third kappa shape index (κ3) is 46.7. The van der Waals surface area contributed by atoms with Crippen LogP contribution < -0.4 is 0 Å². The van der Waals surface area contributed by atoms with E-state index in [1.807, 2.05) is 0 Å². The Balaban J connectivity index is 0. The van der Waals surface area contributed by atoms with Crippen molar-refractivity contribution in [3.8, 4) is 0 Å². The molecular weight excluding hydrogens is 127 g/mol. The largest absolute Gasteiger partial charge is 0.229 e. The molecule has 0 aliphatic rings. The van der Waals surface area contributed by atoms with E-state index in [2.05, 4.69) is 0 Å². The van der Waals surface area contributed by atoms with Crippen molar-refractivity contribution in [1.82, 2.24) is 0 Å². The van der Waals surface area contributed by atoms with Gasteiger partial charge in [0.25, 0.3) is 0 Å². The molecule has 6 heavy (non-hydrogen) atoms. The van der Waals surface area contributed by atoms with Gasteiger partial charge in [-0.15, -0.1) is 0 Å². The van der Waals surface area contributed by atoms with Gasteiger partial charge in [-0.1, -0.05) is 0 Å². The molecule has 0 aromatic heterocycles. The Hall–Kier alpha value is 1.59. The third-order valence-corrected chi connectivity index (χ3v) is 0. The van der Waals surface area contributed by atoms with Crippen LogP contribution in [-0.4, -0.2) is 72.3 Å². The topological polar surface area (TPSA) is 34.1 Å². The van der Waals surface area contributed by atoms with Crippen molar-refractivity contribution < 1.29 is 8.42 Å². The van der Waals surface area contributed by atoms with E-state index in [-0.39, 0.29) is 51.4 Å². The van der Waals surface area contributed by atoms with Crippen LogP contribution >= 0.6 is 0 Å². The summed E-state index contributed by atoms with van der Waals surface area (Å²) in [5, 5.41) is 0. The Morgan fingerprint density at radius 3 is 1.17 bits per heavy atom. The molecule has 0 aromatic carbocycles. The van der Waals surface area contributed by atoms with E-state index in [1.54, 1.807) is 0 Å². The molecule has 0 rings (SSSR count). The van der Waals surface area contributed by atoms with Gasteiger partial charge in [0, 0.05) is 63.9 Å². The van der Waals surface area contributed by atoms with Gasteiger partial charge in [0.2, 0.25) is 0 Å². The number of hydrogen-bond donors (Lipinski definition) is 0. The van der Waals surface area contributed by atoms with Crippen LogP contribution in [0.1, 0.15) is 0 Å². The molecule has 0 spiro atoms. The zero-order valence-electron chi connectivity index (χ0n) is 4.22. The molecule has 0 atom stereocenters. The minimum atomic E-state index is -2.67. The third-order valence-electron chi connectivity index (χ3n) is 0. The second kappa shape index (κ2) is 3.57. The van der Waals surface area contributed by atoms with Crippen LogP contribution in [0.25, 0.3) is 0 Å². The molecule has 1 radical (unpaired) electrons. The molecule has 33 valence electrons. The minimum absolute atomic E-state index is 0. The van der Waals surface area contributed by atoms with E-state index in [0.717, 1.165) is 12.5 Å². The average molecular weight is 133 g/mol. The summed E-state index contributed by atoms with van der Waals surface area (Å²) in [5.74, 6) is 0. The van der Waals surface area contributed by atoms with Gasteiger partial charge in [-0.2, -0.15) is 0 Å². The van der Waals surface area contributed by atoms with Crippen LogP contribution in [0, 0.1) is 0 Å². The van der Waals surface area contributed by atoms with Crippen molar-refractivity contribution in [2.24, 2.45) is 0 Å². The molecule has 4 heteroatoms. The quantitative estimate of drug-likeness (QED) is 0.409. The Morgan fingerprint density at radius 1 is 1.17 bits per heavy atom. The minimum Gasteiger partial charge on any atom is -0.229 e. The smallest absolute Gasteiger partial charge is 0.144 e. The molecule has 0 fully saturated rings. The maximum Gasteiger partial charge on any atom is 0.144 e.